The molecule has 0 bridgehead atoms. The highest BCUT2D eigenvalue weighted by atomic mass is 32.2. The minimum Gasteiger partial charge on any atom is -0.353 e. The number of piperidine rings is 1. The van der Waals surface area contributed by atoms with E-state index in [0.717, 1.165) is 48.4 Å². The summed E-state index contributed by atoms with van der Waals surface area (Å²) in [6.45, 7) is 1.77. The second-order valence-corrected chi connectivity index (χ2v) is 10.7. The first kappa shape index (κ1) is 24.1. The van der Waals surface area contributed by atoms with Gasteiger partial charge in [0.15, 0.2) is 0 Å². The molecule has 0 saturated carbocycles. The average Bonchev–Trinajstić information content (AvgIpc) is 2.88. The van der Waals surface area contributed by atoms with Gasteiger partial charge in [0, 0.05) is 38.1 Å². The number of hydrogen-bond donors (Lipinski definition) is 1. The summed E-state index contributed by atoms with van der Waals surface area (Å²) in [7, 11) is -3.47. The van der Waals surface area contributed by atoms with E-state index in [1.54, 1.807) is 34.9 Å². The van der Waals surface area contributed by atoms with Crippen molar-refractivity contribution in [1.29, 1.82) is 0 Å². The quantitative estimate of drug-likeness (QED) is 0.360. The van der Waals surface area contributed by atoms with Gasteiger partial charge < -0.3 is 5.32 Å². The molecule has 1 saturated heterocycles. The van der Waals surface area contributed by atoms with Crippen molar-refractivity contribution in [2.45, 2.75) is 37.0 Å². The molecule has 1 aromatic heterocycles. The van der Waals surface area contributed by atoms with E-state index in [-0.39, 0.29) is 5.91 Å². The lowest BCUT2D eigenvalue weighted by molar-refractivity contribution is -0.116. The van der Waals surface area contributed by atoms with Crippen LogP contribution in [0.4, 0.5) is 0 Å². The molecular formula is C27H31N3O3S. The Labute approximate surface area is 201 Å². The topological polar surface area (TPSA) is 79.4 Å². The molecule has 0 atom stereocenters. The van der Waals surface area contributed by atoms with Crippen LogP contribution in [0.15, 0.2) is 78.0 Å². The number of benzene rings is 2. The summed E-state index contributed by atoms with van der Waals surface area (Å²) in [6.07, 6.45) is 11.5. The second-order valence-electron chi connectivity index (χ2n) is 8.76. The van der Waals surface area contributed by atoms with E-state index in [0.29, 0.717) is 30.4 Å². The third-order valence-corrected chi connectivity index (χ3v) is 8.28. The lowest BCUT2D eigenvalue weighted by Gasteiger charge is -2.31. The lowest BCUT2D eigenvalue weighted by Crippen LogP contribution is -2.38. The van der Waals surface area contributed by atoms with Crippen LogP contribution in [0.3, 0.4) is 0 Å². The van der Waals surface area contributed by atoms with Crippen molar-refractivity contribution in [3.05, 3.63) is 78.6 Å². The molecule has 1 aliphatic rings. The van der Waals surface area contributed by atoms with Gasteiger partial charge in [0.2, 0.25) is 15.9 Å². The Balaban J connectivity index is 1.17. The summed E-state index contributed by atoms with van der Waals surface area (Å²) in [5, 5.41) is 4.90. The third-order valence-electron chi connectivity index (χ3n) is 6.38. The predicted molar refractivity (Wildman–Crippen MR) is 136 cm³/mol. The largest absolute Gasteiger partial charge is 0.353 e. The number of nitrogens with one attached hydrogen (secondary N) is 1. The molecule has 1 amide bonds. The van der Waals surface area contributed by atoms with E-state index in [1.165, 1.54) is 6.08 Å². The van der Waals surface area contributed by atoms with Crippen molar-refractivity contribution in [3.63, 3.8) is 0 Å². The highest BCUT2D eigenvalue weighted by Crippen LogP contribution is 2.28. The van der Waals surface area contributed by atoms with E-state index in [2.05, 4.69) is 10.3 Å². The number of carbonyl (C=O) groups is 1. The van der Waals surface area contributed by atoms with E-state index in [1.807, 2.05) is 42.5 Å². The van der Waals surface area contributed by atoms with E-state index < -0.39 is 10.0 Å². The molecule has 0 aliphatic carbocycles. The molecule has 1 fully saturated rings. The maximum Gasteiger partial charge on any atom is 0.243 e. The van der Waals surface area contributed by atoms with Gasteiger partial charge >= 0.3 is 0 Å². The molecule has 178 valence electrons. The number of fused-ring (bicyclic) bond motifs is 1. The van der Waals surface area contributed by atoms with Gasteiger partial charge in [-0.3, -0.25) is 9.78 Å². The van der Waals surface area contributed by atoms with Crippen molar-refractivity contribution in [1.82, 2.24) is 14.6 Å². The molecule has 0 spiro atoms. The number of rotatable bonds is 9. The number of aromatic nitrogens is 1. The molecule has 3 aromatic rings. The molecular weight excluding hydrogens is 446 g/mol. The minimum absolute atomic E-state index is 0.101. The number of nitrogens with zero attached hydrogens (tertiary/aromatic N) is 2. The van der Waals surface area contributed by atoms with Crippen molar-refractivity contribution >= 4 is 32.8 Å². The van der Waals surface area contributed by atoms with Crippen molar-refractivity contribution in [2.24, 2.45) is 5.92 Å². The fraction of sp³-hybridized carbons (Fsp3) is 0.333. The highest BCUT2D eigenvalue weighted by molar-refractivity contribution is 7.89. The van der Waals surface area contributed by atoms with Crippen molar-refractivity contribution in [2.75, 3.05) is 19.6 Å². The predicted octanol–water partition coefficient (Wildman–Crippen LogP) is 4.64. The first-order valence-electron chi connectivity index (χ1n) is 11.9. The molecule has 1 aliphatic heterocycles. The van der Waals surface area contributed by atoms with Crippen LogP contribution >= 0.6 is 0 Å². The third kappa shape index (κ3) is 6.30. The van der Waals surface area contributed by atoms with Crippen molar-refractivity contribution < 1.29 is 13.2 Å². The standard InChI is InChI=1S/C27H31N3O3S/c31-27(13-10-23-7-5-16-28-21-23)29-17-4-3-6-22-14-18-30(19-15-22)34(32,33)26-12-11-24-8-1-2-9-25(24)20-26/h1-2,5,7-13,16,20-22H,3-4,6,14-15,17-19H2,(H,29,31)/b13-10+. The van der Waals surface area contributed by atoms with Crippen LogP contribution in [0.25, 0.3) is 16.8 Å². The molecule has 1 N–H and O–H groups in total. The minimum atomic E-state index is -3.47. The summed E-state index contributed by atoms with van der Waals surface area (Å²) in [5.41, 5.74) is 0.895. The first-order valence-corrected chi connectivity index (χ1v) is 13.3. The van der Waals surface area contributed by atoms with Gasteiger partial charge in [-0.1, -0.05) is 49.2 Å². The Hall–Kier alpha value is -3.03. The van der Waals surface area contributed by atoms with Crippen LogP contribution in [0.5, 0.6) is 0 Å². The monoisotopic (exact) mass is 477 g/mol. The average molecular weight is 478 g/mol. The van der Waals surface area contributed by atoms with Gasteiger partial charge in [0.25, 0.3) is 0 Å². The van der Waals surface area contributed by atoms with Crippen LogP contribution < -0.4 is 5.32 Å². The Morgan fingerprint density at radius 3 is 2.59 bits per heavy atom. The van der Waals surface area contributed by atoms with Crippen molar-refractivity contribution in [3.8, 4) is 0 Å². The summed E-state index contributed by atoms with van der Waals surface area (Å²) >= 11 is 0. The van der Waals surface area contributed by atoms with Crippen LogP contribution in [0.1, 0.15) is 37.7 Å². The van der Waals surface area contributed by atoms with Crippen LogP contribution in [0.2, 0.25) is 0 Å². The first-order chi connectivity index (χ1) is 16.5. The highest BCUT2D eigenvalue weighted by Gasteiger charge is 2.29. The molecule has 6 nitrogen and oxygen atoms in total. The Bertz CT molecular complexity index is 1230. The zero-order chi connectivity index (χ0) is 23.8. The van der Waals surface area contributed by atoms with Gasteiger partial charge in [-0.25, -0.2) is 8.42 Å². The molecule has 4 rings (SSSR count). The van der Waals surface area contributed by atoms with Crippen LogP contribution in [-0.4, -0.2) is 43.2 Å². The number of amides is 1. The summed E-state index contributed by atoms with van der Waals surface area (Å²) in [4.78, 5) is 16.3. The normalized spacial score (nSPS) is 15.6. The maximum atomic E-state index is 13.1. The molecule has 2 heterocycles. The maximum absolute atomic E-state index is 13.1. The van der Waals surface area contributed by atoms with E-state index in [9.17, 15) is 13.2 Å². The fourth-order valence-electron chi connectivity index (χ4n) is 4.39. The summed E-state index contributed by atoms with van der Waals surface area (Å²) in [6, 6.07) is 16.9. The van der Waals surface area contributed by atoms with Gasteiger partial charge in [0.1, 0.15) is 0 Å². The van der Waals surface area contributed by atoms with Gasteiger partial charge in [-0.05, 0) is 65.8 Å². The van der Waals surface area contributed by atoms with Crippen LogP contribution in [-0.2, 0) is 14.8 Å². The number of pyridine rings is 1. The zero-order valence-corrected chi connectivity index (χ0v) is 20.1. The van der Waals surface area contributed by atoms with Crippen LogP contribution in [0, 0.1) is 5.92 Å². The Morgan fingerprint density at radius 1 is 1.03 bits per heavy atom. The van der Waals surface area contributed by atoms with Gasteiger partial charge in [-0.15, -0.1) is 0 Å². The molecule has 7 heteroatoms. The smallest absolute Gasteiger partial charge is 0.243 e. The SMILES string of the molecule is O=C(/C=C/c1cccnc1)NCCCCC1CCN(S(=O)(=O)c2ccc3ccccc3c2)CC1. The number of sulfonamides is 1. The van der Waals surface area contributed by atoms with E-state index >= 15 is 0 Å². The number of unbranched alkanes of at least 4 members (excludes halogenated alkanes) is 1. The molecule has 0 radical (unpaired) electrons. The van der Waals surface area contributed by atoms with E-state index in [4.69, 9.17) is 0 Å². The second kappa shape index (κ2) is 11.4. The molecule has 0 unspecified atom stereocenters. The number of carbonyl (C=O) groups excluding carboxylic acids is 1. The Morgan fingerprint density at radius 2 is 1.82 bits per heavy atom. The summed E-state index contributed by atoms with van der Waals surface area (Å²) < 4.78 is 27.9. The zero-order valence-electron chi connectivity index (χ0n) is 19.3. The van der Waals surface area contributed by atoms with Gasteiger partial charge in [0.05, 0.1) is 4.90 Å². The van der Waals surface area contributed by atoms with Gasteiger partial charge in [-0.2, -0.15) is 4.31 Å². The fourth-order valence-corrected chi connectivity index (χ4v) is 5.90. The lowest BCUT2D eigenvalue weighted by atomic mass is 9.92. The molecule has 2 aromatic carbocycles. The number of hydrogen-bond acceptors (Lipinski definition) is 4. The summed E-state index contributed by atoms with van der Waals surface area (Å²) in [5.74, 6) is 0.431. The Kier molecular flexibility index (Phi) is 8.08. The molecule has 34 heavy (non-hydrogen) atoms.